The van der Waals surface area contributed by atoms with Crippen molar-refractivity contribution in [2.75, 3.05) is 19.6 Å². The zero-order valence-electron chi connectivity index (χ0n) is 7.81. The zero-order valence-corrected chi connectivity index (χ0v) is 7.81. The molecule has 2 aliphatic heterocycles. The number of rotatable bonds is 2. The Bertz CT molecular complexity index is 124. The van der Waals surface area contributed by atoms with Crippen LogP contribution in [-0.2, 0) is 0 Å². The SMILES string of the molecule is C1CNCC(CC2CCCN2)C1. The average Bonchev–Trinajstić information content (AvgIpc) is 2.59. The van der Waals surface area contributed by atoms with E-state index >= 15 is 0 Å². The molecule has 0 radical (unpaired) electrons. The lowest BCUT2D eigenvalue weighted by atomic mass is 9.92. The third-order valence-electron chi connectivity index (χ3n) is 3.18. The average molecular weight is 168 g/mol. The summed E-state index contributed by atoms with van der Waals surface area (Å²) in [5, 5.41) is 7.06. The van der Waals surface area contributed by atoms with Gasteiger partial charge in [-0.25, -0.2) is 0 Å². The highest BCUT2D eigenvalue weighted by atomic mass is 14.9. The summed E-state index contributed by atoms with van der Waals surface area (Å²) < 4.78 is 0. The van der Waals surface area contributed by atoms with Crippen molar-refractivity contribution in [2.24, 2.45) is 5.92 Å². The van der Waals surface area contributed by atoms with Gasteiger partial charge in [-0.3, -0.25) is 0 Å². The highest BCUT2D eigenvalue weighted by molar-refractivity contribution is 4.79. The molecule has 2 atom stereocenters. The van der Waals surface area contributed by atoms with Crippen molar-refractivity contribution in [3.05, 3.63) is 0 Å². The maximum atomic E-state index is 3.58. The molecule has 0 aliphatic carbocycles. The van der Waals surface area contributed by atoms with Crippen LogP contribution in [0.4, 0.5) is 0 Å². The van der Waals surface area contributed by atoms with Crippen molar-refractivity contribution in [2.45, 2.75) is 38.1 Å². The second kappa shape index (κ2) is 4.24. The molecule has 2 heterocycles. The first-order valence-electron chi connectivity index (χ1n) is 5.39. The Labute approximate surface area is 75.1 Å². The lowest BCUT2D eigenvalue weighted by Crippen LogP contribution is -2.34. The van der Waals surface area contributed by atoms with Crippen molar-refractivity contribution >= 4 is 0 Å². The van der Waals surface area contributed by atoms with Crippen LogP contribution in [-0.4, -0.2) is 25.7 Å². The Hall–Kier alpha value is -0.0800. The Morgan fingerprint density at radius 3 is 2.67 bits per heavy atom. The number of hydrogen-bond acceptors (Lipinski definition) is 2. The van der Waals surface area contributed by atoms with E-state index in [0.717, 1.165) is 12.0 Å². The summed E-state index contributed by atoms with van der Waals surface area (Å²) in [5.74, 6) is 0.953. The molecule has 0 saturated carbocycles. The molecule has 2 nitrogen and oxygen atoms in total. The van der Waals surface area contributed by atoms with Crippen LogP contribution < -0.4 is 10.6 Å². The quantitative estimate of drug-likeness (QED) is 0.646. The van der Waals surface area contributed by atoms with Gasteiger partial charge < -0.3 is 10.6 Å². The van der Waals surface area contributed by atoms with E-state index in [2.05, 4.69) is 10.6 Å². The minimum Gasteiger partial charge on any atom is -0.316 e. The topological polar surface area (TPSA) is 24.1 Å². The van der Waals surface area contributed by atoms with Gasteiger partial charge in [0, 0.05) is 6.04 Å². The summed E-state index contributed by atoms with van der Waals surface area (Å²) in [6, 6.07) is 0.842. The van der Waals surface area contributed by atoms with Gasteiger partial charge in [0.05, 0.1) is 0 Å². The lowest BCUT2D eigenvalue weighted by Gasteiger charge is -2.25. The molecule has 0 aromatic heterocycles. The van der Waals surface area contributed by atoms with Crippen LogP contribution in [0, 0.1) is 5.92 Å². The number of piperidine rings is 1. The van der Waals surface area contributed by atoms with E-state index in [1.165, 1.54) is 51.7 Å². The van der Waals surface area contributed by atoms with E-state index in [-0.39, 0.29) is 0 Å². The van der Waals surface area contributed by atoms with E-state index in [4.69, 9.17) is 0 Å². The predicted molar refractivity (Wildman–Crippen MR) is 51.2 cm³/mol. The van der Waals surface area contributed by atoms with E-state index in [1.54, 1.807) is 0 Å². The van der Waals surface area contributed by atoms with Gasteiger partial charge in [-0.1, -0.05) is 0 Å². The maximum Gasteiger partial charge on any atom is 0.00706 e. The van der Waals surface area contributed by atoms with Crippen molar-refractivity contribution in [3.8, 4) is 0 Å². The molecule has 0 amide bonds. The Morgan fingerprint density at radius 1 is 1.08 bits per heavy atom. The molecule has 0 bridgehead atoms. The minimum atomic E-state index is 0.842. The van der Waals surface area contributed by atoms with Gasteiger partial charge in [-0.2, -0.15) is 0 Å². The van der Waals surface area contributed by atoms with Crippen LogP contribution >= 0.6 is 0 Å². The van der Waals surface area contributed by atoms with Crippen molar-refractivity contribution in [1.82, 2.24) is 10.6 Å². The first kappa shape index (κ1) is 8.52. The molecule has 2 N–H and O–H groups in total. The van der Waals surface area contributed by atoms with Gasteiger partial charge in [0.2, 0.25) is 0 Å². The summed E-state index contributed by atoms with van der Waals surface area (Å²) in [4.78, 5) is 0. The second-order valence-corrected chi connectivity index (χ2v) is 4.24. The summed E-state index contributed by atoms with van der Waals surface area (Å²) in [5.41, 5.74) is 0. The van der Waals surface area contributed by atoms with E-state index in [0.29, 0.717) is 0 Å². The molecule has 2 saturated heterocycles. The first-order chi connectivity index (χ1) is 5.95. The Morgan fingerprint density at radius 2 is 2.00 bits per heavy atom. The van der Waals surface area contributed by atoms with Crippen LogP contribution in [0.1, 0.15) is 32.1 Å². The summed E-state index contributed by atoms with van der Waals surface area (Å²) in [6.45, 7) is 3.76. The molecule has 12 heavy (non-hydrogen) atoms. The Balaban J connectivity index is 1.69. The summed E-state index contributed by atoms with van der Waals surface area (Å²) in [7, 11) is 0. The lowest BCUT2D eigenvalue weighted by molar-refractivity contribution is 0.325. The third-order valence-corrected chi connectivity index (χ3v) is 3.18. The van der Waals surface area contributed by atoms with Crippen molar-refractivity contribution < 1.29 is 0 Å². The van der Waals surface area contributed by atoms with Gasteiger partial charge >= 0.3 is 0 Å². The molecule has 2 heteroatoms. The molecule has 2 unspecified atom stereocenters. The van der Waals surface area contributed by atoms with Crippen LogP contribution in [0.3, 0.4) is 0 Å². The fourth-order valence-corrected chi connectivity index (χ4v) is 2.49. The molecule has 0 spiro atoms. The number of hydrogen-bond donors (Lipinski definition) is 2. The molecule has 2 rings (SSSR count). The summed E-state index contributed by atoms with van der Waals surface area (Å²) in [6.07, 6.45) is 7.05. The van der Waals surface area contributed by atoms with Gasteiger partial charge in [-0.15, -0.1) is 0 Å². The highest BCUT2D eigenvalue weighted by Crippen LogP contribution is 2.20. The van der Waals surface area contributed by atoms with Crippen LogP contribution in [0.5, 0.6) is 0 Å². The zero-order chi connectivity index (χ0) is 8.23. The normalized spacial score (nSPS) is 37.0. The smallest absolute Gasteiger partial charge is 0.00706 e. The molecule has 70 valence electrons. The van der Waals surface area contributed by atoms with Crippen LogP contribution in [0.15, 0.2) is 0 Å². The second-order valence-electron chi connectivity index (χ2n) is 4.24. The van der Waals surface area contributed by atoms with E-state index in [9.17, 15) is 0 Å². The monoisotopic (exact) mass is 168 g/mol. The molecule has 0 aromatic carbocycles. The molecule has 2 aliphatic rings. The van der Waals surface area contributed by atoms with Crippen LogP contribution in [0.2, 0.25) is 0 Å². The molecule has 0 aromatic rings. The minimum absolute atomic E-state index is 0.842. The fraction of sp³-hybridized carbons (Fsp3) is 1.00. The standard InChI is InChI=1S/C10H20N2/c1-3-9(8-11-5-1)7-10-4-2-6-12-10/h9-12H,1-8H2. The van der Waals surface area contributed by atoms with Gasteiger partial charge in [0.1, 0.15) is 0 Å². The molecular weight excluding hydrogens is 148 g/mol. The fourth-order valence-electron chi connectivity index (χ4n) is 2.49. The van der Waals surface area contributed by atoms with Gasteiger partial charge in [0.25, 0.3) is 0 Å². The molecular formula is C10H20N2. The maximum absolute atomic E-state index is 3.58. The van der Waals surface area contributed by atoms with E-state index < -0.39 is 0 Å². The van der Waals surface area contributed by atoms with Gasteiger partial charge in [-0.05, 0) is 57.7 Å². The van der Waals surface area contributed by atoms with Crippen molar-refractivity contribution in [1.29, 1.82) is 0 Å². The third kappa shape index (κ3) is 2.20. The highest BCUT2D eigenvalue weighted by Gasteiger charge is 2.20. The van der Waals surface area contributed by atoms with Gasteiger partial charge in [0.15, 0.2) is 0 Å². The predicted octanol–water partition coefficient (Wildman–Crippen LogP) is 1.13. The van der Waals surface area contributed by atoms with Crippen molar-refractivity contribution in [3.63, 3.8) is 0 Å². The van der Waals surface area contributed by atoms with E-state index in [1.807, 2.05) is 0 Å². The van der Waals surface area contributed by atoms with Crippen LogP contribution in [0.25, 0.3) is 0 Å². The molecule has 2 fully saturated rings. The largest absolute Gasteiger partial charge is 0.316 e. The summed E-state index contributed by atoms with van der Waals surface area (Å²) >= 11 is 0. The first-order valence-corrected chi connectivity index (χ1v) is 5.39. The Kier molecular flexibility index (Phi) is 3.01. The number of nitrogens with one attached hydrogen (secondary N) is 2.